The van der Waals surface area contributed by atoms with E-state index in [4.69, 9.17) is 9.84 Å². The monoisotopic (exact) mass is 278 g/mol. The van der Waals surface area contributed by atoms with Crippen LogP contribution in [0.15, 0.2) is 0 Å². The number of rotatable bonds is 4. The molecule has 2 saturated heterocycles. The molecule has 2 aliphatic rings. The van der Waals surface area contributed by atoms with E-state index < -0.39 is 28.1 Å². The van der Waals surface area contributed by atoms with Crippen molar-refractivity contribution in [1.82, 2.24) is 9.03 Å². The molecule has 0 aromatic carbocycles. The number of aliphatic carboxylic acids is 1. The molecule has 2 rings (SSSR count). The number of nitrogens with zero attached hydrogens (tertiary/aromatic N) is 1. The molecule has 0 radical (unpaired) electrons. The highest BCUT2D eigenvalue weighted by Gasteiger charge is 2.38. The largest absolute Gasteiger partial charge is 0.481 e. The van der Waals surface area contributed by atoms with Crippen molar-refractivity contribution < 1.29 is 23.1 Å². The number of nitrogens with one attached hydrogen (secondary N) is 1. The molecule has 2 heterocycles. The predicted molar refractivity (Wildman–Crippen MR) is 63.2 cm³/mol. The number of ether oxygens (including phenoxy) is 1. The fourth-order valence-electron chi connectivity index (χ4n) is 2.28. The zero-order chi connectivity index (χ0) is 13.2. The molecule has 0 saturated carbocycles. The second kappa shape index (κ2) is 5.52. The quantitative estimate of drug-likeness (QED) is 0.716. The molecule has 104 valence electrons. The van der Waals surface area contributed by atoms with E-state index in [1.807, 2.05) is 0 Å². The van der Waals surface area contributed by atoms with Gasteiger partial charge in [0, 0.05) is 13.1 Å². The Morgan fingerprint density at radius 2 is 1.89 bits per heavy atom. The zero-order valence-corrected chi connectivity index (χ0v) is 10.9. The Bertz CT molecular complexity index is 404. The minimum atomic E-state index is -3.59. The molecule has 2 fully saturated rings. The average molecular weight is 278 g/mol. The van der Waals surface area contributed by atoms with Gasteiger partial charge in [0.2, 0.25) is 0 Å². The lowest BCUT2D eigenvalue weighted by atomic mass is 10.1. The highest BCUT2D eigenvalue weighted by atomic mass is 32.2. The SMILES string of the molecule is O=C(O)C1COCC1NS(=O)(=O)N1CCCCC1. The summed E-state index contributed by atoms with van der Waals surface area (Å²) >= 11 is 0. The zero-order valence-electron chi connectivity index (χ0n) is 10.0. The van der Waals surface area contributed by atoms with Gasteiger partial charge in [0.15, 0.2) is 0 Å². The highest BCUT2D eigenvalue weighted by molar-refractivity contribution is 7.87. The van der Waals surface area contributed by atoms with Gasteiger partial charge in [-0.25, -0.2) is 0 Å². The highest BCUT2D eigenvalue weighted by Crippen LogP contribution is 2.17. The van der Waals surface area contributed by atoms with Crippen molar-refractivity contribution in [2.24, 2.45) is 5.92 Å². The molecule has 0 spiro atoms. The smallest absolute Gasteiger partial charge is 0.310 e. The first-order valence-electron chi connectivity index (χ1n) is 6.08. The Kier molecular flexibility index (Phi) is 4.21. The van der Waals surface area contributed by atoms with Crippen LogP contribution in [0.3, 0.4) is 0 Å². The maximum absolute atomic E-state index is 12.1. The normalized spacial score (nSPS) is 30.4. The van der Waals surface area contributed by atoms with E-state index in [2.05, 4.69) is 4.72 Å². The summed E-state index contributed by atoms with van der Waals surface area (Å²) < 4.78 is 33.0. The van der Waals surface area contributed by atoms with Gasteiger partial charge in [-0.15, -0.1) is 0 Å². The Morgan fingerprint density at radius 1 is 1.22 bits per heavy atom. The third-order valence-corrected chi connectivity index (χ3v) is 5.00. The number of hydrogen-bond acceptors (Lipinski definition) is 4. The van der Waals surface area contributed by atoms with Crippen molar-refractivity contribution in [3.05, 3.63) is 0 Å². The summed E-state index contributed by atoms with van der Waals surface area (Å²) in [5.41, 5.74) is 0. The van der Waals surface area contributed by atoms with Gasteiger partial charge in [0.05, 0.1) is 25.2 Å². The van der Waals surface area contributed by atoms with Crippen LogP contribution in [-0.4, -0.2) is 56.1 Å². The summed E-state index contributed by atoms with van der Waals surface area (Å²) in [6.07, 6.45) is 2.74. The van der Waals surface area contributed by atoms with Gasteiger partial charge in [0.1, 0.15) is 0 Å². The third-order valence-electron chi connectivity index (χ3n) is 3.35. The van der Waals surface area contributed by atoms with Gasteiger partial charge >= 0.3 is 5.97 Å². The maximum atomic E-state index is 12.1. The van der Waals surface area contributed by atoms with Gasteiger partial charge in [-0.1, -0.05) is 6.42 Å². The summed E-state index contributed by atoms with van der Waals surface area (Å²) in [4.78, 5) is 10.9. The molecule has 2 atom stereocenters. The first-order chi connectivity index (χ1) is 8.50. The minimum absolute atomic E-state index is 0.0581. The first-order valence-corrected chi connectivity index (χ1v) is 7.52. The van der Waals surface area contributed by atoms with Crippen molar-refractivity contribution in [1.29, 1.82) is 0 Å². The summed E-state index contributed by atoms with van der Waals surface area (Å²) in [5, 5.41) is 8.96. The Morgan fingerprint density at radius 3 is 2.50 bits per heavy atom. The number of carboxylic acid groups (broad SMARTS) is 1. The molecule has 7 nitrogen and oxygen atoms in total. The van der Waals surface area contributed by atoms with Crippen LogP contribution in [0.1, 0.15) is 19.3 Å². The summed E-state index contributed by atoms with van der Waals surface area (Å²) in [6.45, 7) is 1.17. The molecule has 0 aromatic rings. The molecule has 2 aliphatic heterocycles. The van der Waals surface area contributed by atoms with Crippen LogP contribution in [0.5, 0.6) is 0 Å². The van der Waals surface area contributed by atoms with Crippen molar-refractivity contribution in [3.8, 4) is 0 Å². The van der Waals surface area contributed by atoms with E-state index in [0.717, 1.165) is 19.3 Å². The summed E-state index contributed by atoms with van der Waals surface area (Å²) in [7, 11) is -3.59. The van der Waals surface area contributed by atoms with Gasteiger partial charge in [0.25, 0.3) is 10.2 Å². The minimum Gasteiger partial charge on any atom is -0.481 e. The second-order valence-electron chi connectivity index (χ2n) is 4.67. The van der Waals surface area contributed by atoms with Crippen LogP contribution in [0, 0.1) is 5.92 Å². The van der Waals surface area contributed by atoms with Crippen LogP contribution in [0.2, 0.25) is 0 Å². The molecular weight excluding hydrogens is 260 g/mol. The Labute approximate surface area is 106 Å². The van der Waals surface area contributed by atoms with Crippen LogP contribution in [0.4, 0.5) is 0 Å². The molecule has 8 heteroatoms. The van der Waals surface area contributed by atoms with E-state index in [-0.39, 0.29) is 13.2 Å². The lowest BCUT2D eigenvalue weighted by Gasteiger charge is -2.28. The average Bonchev–Trinajstić information content (AvgIpc) is 2.78. The van der Waals surface area contributed by atoms with Crippen LogP contribution in [0.25, 0.3) is 0 Å². The number of carbonyl (C=O) groups is 1. The Balaban J connectivity index is 2.00. The van der Waals surface area contributed by atoms with Crippen molar-refractivity contribution in [2.75, 3.05) is 26.3 Å². The van der Waals surface area contributed by atoms with E-state index in [0.29, 0.717) is 13.1 Å². The van der Waals surface area contributed by atoms with E-state index in [1.54, 1.807) is 0 Å². The van der Waals surface area contributed by atoms with Crippen LogP contribution < -0.4 is 4.72 Å². The number of carboxylic acids is 1. The van der Waals surface area contributed by atoms with Crippen molar-refractivity contribution in [3.63, 3.8) is 0 Å². The fraction of sp³-hybridized carbons (Fsp3) is 0.900. The van der Waals surface area contributed by atoms with Crippen molar-refractivity contribution in [2.45, 2.75) is 25.3 Å². The predicted octanol–water partition coefficient (Wildman–Crippen LogP) is -0.594. The molecule has 0 aromatic heterocycles. The van der Waals surface area contributed by atoms with Crippen LogP contribution in [-0.2, 0) is 19.7 Å². The fourth-order valence-corrected chi connectivity index (χ4v) is 3.79. The first kappa shape index (κ1) is 13.7. The molecule has 0 amide bonds. The third kappa shape index (κ3) is 3.00. The topological polar surface area (TPSA) is 95.9 Å². The number of piperidine rings is 1. The van der Waals surface area contributed by atoms with Gasteiger partial charge < -0.3 is 9.84 Å². The summed E-state index contributed by atoms with van der Waals surface area (Å²) in [6, 6.07) is -0.672. The van der Waals surface area contributed by atoms with Gasteiger partial charge in [-0.05, 0) is 12.8 Å². The molecule has 2 N–H and O–H groups in total. The molecule has 2 unspecified atom stereocenters. The van der Waals surface area contributed by atoms with E-state index >= 15 is 0 Å². The second-order valence-corrected chi connectivity index (χ2v) is 6.37. The van der Waals surface area contributed by atoms with Gasteiger partial charge in [-0.2, -0.15) is 17.4 Å². The lowest BCUT2D eigenvalue weighted by Crippen LogP contribution is -2.50. The lowest BCUT2D eigenvalue weighted by molar-refractivity contribution is -0.142. The van der Waals surface area contributed by atoms with Gasteiger partial charge in [-0.3, -0.25) is 4.79 Å². The van der Waals surface area contributed by atoms with Crippen LogP contribution >= 0.6 is 0 Å². The van der Waals surface area contributed by atoms with E-state index in [9.17, 15) is 13.2 Å². The molecule has 0 aliphatic carbocycles. The number of hydrogen-bond donors (Lipinski definition) is 2. The molecular formula is C10H18N2O5S. The molecule has 18 heavy (non-hydrogen) atoms. The van der Waals surface area contributed by atoms with E-state index in [1.165, 1.54) is 4.31 Å². The maximum Gasteiger partial charge on any atom is 0.310 e. The Hall–Kier alpha value is -0.700. The van der Waals surface area contributed by atoms with Crippen molar-refractivity contribution >= 4 is 16.2 Å². The summed E-state index contributed by atoms with van der Waals surface area (Å²) in [5.74, 6) is -1.83. The molecule has 0 bridgehead atoms. The standard InChI is InChI=1S/C10H18N2O5S/c13-10(14)8-6-17-7-9(8)11-18(15,16)12-4-2-1-3-5-12/h8-9,11H,1-7H2,(H,13,14).